The van der Waals surface area contributed by atoms with E-state index in [9.17, 15) is 4.79 Å². The highest BCUT2D eigenvalue weighted by Crippen LogP contribution is 2.13. The minimum atomic E-state index is -0.823. The molecule has 10 heavy (non-hydrogen) atoms. The molecule has 1 atom stereocenters. The molecule has 58 valence electrons. The van der Waals surface area contributed by atoms with E-state index in [1.165, 1.54) is 4.90 Å². The number of likely N-dealkylation sites (tertiary alicyclic amines) is 1. The number of amides is 1. The van der Waals surface area contributed by atoms with Gasteiger partial charge in [0.2, 0.25) is 0 Å². The minimum absolute atomic E-state index is 0.385. The van der Waals surface area contributed by atoms with Gasteiger partial charge in [-0.1, -0.05) is 0 Å². The summed E-state index contributed by atoms with van der Waals surface area (Å²) in [5.41, 5.74) is 5.38. The van der Waals surface area contributed by atoms with E-state index in [1.807, 2.05) is 0 Å². The largest absolute Gasteiger partial charge is 0.465 e. The molecule has 0 aromatic carbocycles. The second-order valence-electron chi connectivity index (χ2n) is 2.62. The second-order valence-corrected chi connectivity index (χ2v) is 2.62. The summed E-state index contributed by atoms with van der Waals surface area (Å²) in [6, 6.07) is 0. The van der Waals surface area contributed by atoms with E-state index in [0.29, 0.717) is 25.6 Å². The third-order valence-electron chi connectivity index (χ3n) is 1.89. The normalized spacial score (nSPS) is 25.3. The summed E-state index contributed by atoms with van der Waals surface area (Å²) in [4.78, 5) is 11.8. The van der Waals surface area contributed by atoms with E-state index in [4.69, 9.17) is 10.8 Å². The zero-order valence-electron chi connectivity index (χ0n) is 5.79. The van der Waals surface area contributed by atoms with Crippen LogP contribution < -0.4 is 5.73 Å². The van der Waals surface area contributed by atoms with Gasteiger partial charge in [0, 0.05) is 13.1 Å². The van der Waals surface area contributed by atoms with Crippen molar-refractivity contribution in [2.75, 3.05) is 19.6 Å². The SMILES string of the molecule is NC[C@@H]1CCN(C(=O)O)C1. The number of carboxylic acid groups (broad SMARTS) is 1. The summed E-state index contributed by atoms with van der Waals surface area (Å²) in [6.07, 6.45) is 0.0963. The fourth-order valence-electron chi connectivity index (χ4n) is 1.20. The van der Waals surface area contributed by atoms with Crippen molar-refractivity contribution in [3.8, 4) is 0 Å². The summed E-state index contributed by atoms with van der Waals surface area (Å²) < 4.78 is 0. The Labute approximate surface area is 59.6 Å². The van der Waals surface area contributed by atoms with Crippen LogP contribution in [0.2, 0.25) is 0 Å². The number of nitrogens with two attached hydrogens (primary N) is 1. The lowest BCUT2D eigenvalue weighted by atomic mass is 10.1. The zero-order chi connectivity index (χ0) is 7.56. The summed E-state index contributed by atoms with van der Waals surface area (Å²) >= 11 is 0. The van der Waals surface area contributed by atoms with E-state index in [1.54, 1.807) is 0 Å². The third kappa shape index (κ3) is 1.39. The number of nitrogens with zero attached hydrogens (tertiary/aromatic N) is 1. The molecule has 4 nitrogen and oxygen atoms in total. The molecule has 4 heteroatoms. The molecule has 0 saturated carbocycles. The monoisotopic (exact) mass is 144 g/mol. The lowest BCUT2D eigenvalue weighted by Crippen LogP contribution is -2.27. The first-order valence-electron chi connectivity index (χ1n) is 3.42. The number of rotatable bonds is 1. The van der Waals surface area contributed by atoms with Crippen LogP contribution in [0.1, 0.15) is 6.42 Å². The highest BCUT2D eigenvalue weighted by molar-refractivity contribution is 5.65. The first-order valence-corrected chi connectivity index (χ1v) is 3.42. The predicted molar refractivity (Wildman–Crippen MR) is 36.8 cm³/mol. The van der Waals surface area contributed by atoms with E-state index in [-0.39, 0.29) is 0 Å². The van der Waals surface area contributed by atoms with E-state index in [0.717, 1.165) is 6.42 Å². The van der Waals surface area contributed by atoms with Crippen molar-refractivity contribution in [2.24, 2.45) is 11.7 Å². The van der Waals surface area contributed by atoms with E-state index >= 15 is 0 Å². The Morgan fingerprint density at radius 1 is 1.80 bits per heavy atom. The molecule has 0 bridgehead atoms. The fourth-order valence-corrected chi connectivity index (χ4v) is 1.20. The van der Waals surface area contributed by atoms with Crippen molar-refractivity contribution in [3.63, 3.8) is 0 Å². The minimum Gasteiger partial charge on any atom is -0.465 e. The van der Waals surface area contributed by atoms with Gasteiger partial charge in [-0.15, -0.1) is 0 Å². The molecule has 1 rings (SSSR count). The van der Waals surface area contributed by atoms with Gasteiger partial charge >= 0.3 is 6.09 Å². The highest BCUT2D eigenvalue weighted by atomic mass is 16.4. The molecular weight excluding hydrogens is 132 g/mol. The zero-order valence-corrected chi connectivity index (χ0v) is 5.79. The van der Waals surface area contributed by atoms with Crippen LogP contribution in [0.15, 0.2) is 0 Å². The quantitative estimate of drug-likeness (QED) is 0.542. The number of hydrogen-bond donors (Lipinski definition) is 2. The van der Waals surface area contributed by atoms with Gasteiger partial charge in [-0.05, 0) is 18.9 Å². The first kappa shape index (κ1) is 7.34. The Bertz CT molecular complexity index is 138. The van der Waals surface area contributed by atoms with Crippen LogP contribution in [-0.2, 0) is 0 Å². The highest BCUT2D eigenvalue weighted by Gasteiger charge is 2.24. The van der Waals surface area contributed by atoms with Crippen LogP contribution in [0.4, 0.5) is 4.79 Å². The molecule has 3 N–H and O–H groups in total. The van der Waals surface area contributed by atoms with E-state index in [2.05, 4.69) is 0 Å². The van der Waals surface area contributed by atoms with Crippen molar-refractivity contribution in [1.29, 1.82) is 0 Å². The maximum absolute atomic E-state index is 10.3. The standard InChI is InChI=1S/C6H12N2O2/c7-3-5-1-2-8(4-5)6(9)10/h5H,1-4,7H2,(H,9,10)/t5-/m0/s1. The van der Waals surface area contributed by atoms with Crippen molar-refractivity contribution in [3.05, 3.63) is 0 Å². The van der Waals surface area contributed by atoms with Crippen LogP contribution in [0, 0.1) is 5.92 Å². The molecule has 1 fully saturated rings. The molecule has 1 aliphatic heterocycles. The van der Waals surface area contributed by atoms with Crippen LogP contribution in [0.5, 0.6) is 0 Å². The second kappa shape index (κ2) is 2.88. The molecule has 0 unspecified atom stereocenters. The van der Waals surface area contributed by atoms with Crippen molar-refractivity contribution in [1.82, 2.24) is 4.90 Å². The lowest BCUT2D eigenvalue weighted by molar-refractivity contribution is 0.154. The topological polar surface area (TPSA) is 66.6 Å². The fraction of sp³-hybridized carbons (Fsp3) is 0.833. The average Bonchev–Trinajstić information content (AvgIpc) is 2.34. The number of carbonyl (C=O) groups is 1. The molecule has 1 saturated heterocycles. The van der Waals surface area contributed by atoms with Gasteiger partial charge in [0.1, 0.15) is 0 Å². The van der Waals surface area contributed by atoms with Crippen LogP contribution >= 0.6 is 0 Å². The van der Waals surface area contributed by atoms with Gasteiger partial charge < -0.3 is 15.7 Å². The van der Waals surface area contributed by atoms with Crippen molar-refractivity contribution >= 4 is 6.09 Å². The maximum Gasteiger partial charge on any atom is 0.407 e. The molecule has 0 aromatic heterocycles. The Kier molecular flexibility index (Phi) is 2.11. The summed E-state index contributed by atoms with van der Waals surface area (Å²) in [5.74, 6) is 0.385. The van der Waals surface area contributed by atoms with Crippen molar-refractivity contribution in [2.45, 2.75) is 6.42 Å². The van der Waals surface area contributed by atoms with Gasteiger partial charge in [0.15, 0.2) is 0 Å². The molecule has 0 spiro atoms. The van der Waals surface area contributed by atoms with Crippen LogP contribution in [0.25, 0.3) is 0 Å². The molecule has 1 amide bonds. The summed E-state index contributed by atoms with van der Waals surface area (Å²) in [6.45, 7) is 1.87. The van der Waals surface area contributed by atoms with Crippen LogP contribution in [-0.4, -0.2) is 35.7 Å². The molecule has 0 aliphatic carbocycles. The molecule has 1 heterocycles. The maximum atomic E-state index is 10.3. The average molecular weight is 144 g/mol. The molecule has 0 aromatic rings. The van der Waals surface area contributed by atoms with Gasteiger partial charge in [0.05, 0.1) is 0 Å². The van der Waals surface area contributed by atoms with Gasteiger partial charge in [-0.3, -0.25) is 0 Å². The summed E-state index contributed by atoms with van der Waals surface area (Å²) in [5, 5.41) is 8.51. The van der Waals surface area contributed by atoms with Crippen molar-refractivity contribution < 1.29 is 9.90 Å². The van der Waals surface area contributed by atoms with E-state index < -0.39 is 6.09 Å². The third-order valence-corrected chi connectivity index (χ3v) is 1.89. The molecule has 1 aliphatic rings. The number of hydrogen-bond acceptors (Lipinski definition) is 2. The van der Waals surface area contributed by atoms with Gasteiger partial charge in [0.25, 0.3) is 0 Å². The predicted octanol–water partition coefficient (Wildman–Crippen LogP) is -0.0550. The Morgan fingerprint density at radius 3 is 2.80 bits per heavy atom. The Morgan fingerprint density at radius 2 is 2.50 bits per heavy atom. The molecular formula is C6H12N2O2. The van der Waals surface area contributed by atoms with Crippen LogP contribution in [0.3, 0.4) is 0 Å². The molecule has 0 radical (unpaired) electrons. The Hall–Kier alpha value is -0.770. The Balaban J connectivity index is 2.35. The van der Waals surface area contributed by atoms with Gasteiger partial charge in [-0.2, -0.15) is 0 Å². The lowest BCUT2D eigenvalue weighted by Gasteiger charge is -2.10. The first-order chi connectivity index (χ1) is 4.74. The summed E-state index contributed by atoms with van der Waals surface area (Å²) in [7, 11) is 0. The smallest absolute Gasteiger partial charge is 0.407 e. The van der Waals surface area contributed by atoms with Gasteiger partial charge in [-0.25, -0.2) is 4.79 Å².